The highest BCUT2D eigenvalue weighted by Crippen LogP contribution is 2.38. The molecule has 154 valence electrons. The van der Waals surface area contributed by atoms with Gasteiger partial charge in [-0.3, -0.25) is 19.8 Å². The van der Waals surface area contributed by atoms with Crippen molar-refractivity contribution in [2.75, 3.05) is 18.7 Å². The lowest BCUT2D eigenvalue weighted by molar-refractivity contribution is -0.137. The van der Waals surface area contributed by atoms with Crippen LogP contribution in [0.15, 0.2) is 18.2 Å². The summed E-state index contributed by atoms with van der Waals surface area (Å²) in [6.45, 7) is 1.52. The minimum Gasteiger partial charge on any atom is -0.454 e. The predicted octanol–water partition coefficient (Wildman–Crippen LogP) is 1.56. The summed E-state index contributed by atoms with van der Waals surface area (Å²) in [4.78, 5) is 50.4. The van der Waals surface area contributed by atoms with Crippen molar-refractivity contribution in [2.24, 2.45) is 5.92 Å². The molecule has 0 aromatic heterocycles. The van der Waals surface area contributed by atoms with Crippen molar-refractivity contribution >= 4 is 29.6 Å². The van der Waals surface area contributed by atoms with Gasteiger partial charge in [-0.15, -0.1) is 0 Å². The summed E-state index contributed by atoms with van der Waals surface area (Å²) in [5.74, 6) is -0.111. The average Bonchev–Trinajstić information content (AvgIpc) is 3.23. The third kappa shape index (κ3) is 3.45. The van der Waals surface area contributed by atoms with Crippen LogP contribution in [0.5, 0.6) is 11.5 Å². The molecule has 10 heteroatoms. The van der Waals surface area contributed by atoms with Gasteiger partial charge in [0.1, 0.15) is 12.1 Å². The molecule has 1 aliphatic carbocycles. The van der Waals surface area contributed by atoms with Crippen LogP contribution in [0.3, 0.4) is 0 Å². The fourth-order valence-corrected chi connectivity index (χ4v) is 4.09. The molecule has 3 aliphatic rings. The van der Waals surface area contributed by atoms with Gasteiger partial charge in [-0.05, 0) is 30.9 Å². The third-order valence-corrected chi connectivity index (χ3v) is 5.69. The molecule has 1 aromatic carbocycles. The Kier molecular flexibility index (Phi) is 4.77. The maximum atomic E-state index is 12.9. The van der Waals surface area contributed by atoms with Gasteiger partial charge in [0.05, 0.1) is 0 Å². The number of hydrogen-bond donors (Lipinski definition) is 3. The molecule has 1 saturated heterocycles. The van der Waals surface area contributed by atoms with Gasteiger partial charge in [-0.25, -0.2) is 9.59 Å². The number of ether oxygens (including phenoxy) is 2. The molecule has 10 nitrogen and oxygen atoms in total. The van der Waals surface area contributed by atoms with Crippen molar-refractivity contribution in [3.05, 3.63) is 18.2 Å². The van der Waals surface area contributed by atoms with Gasteiger partial charge in [0.2, 0.25) is 12.7 Å². The number of amides is 6. The molecule has 2 aliphatic heterocycles. The molecule has 1 aromatic rings. The number of urea groups is 2. The summed E-state index contributed by atoms with van der Waals surface area (Å²) < 4.78 is 10.4. The van der Waals surface area contributed by atoms with Gasteiger partial charge in [-0.2, -0.15) is 0 Å². The highest BCUT2D eigenvalue weighted by molar-refractivity contribution is 6.10. The minimum absolute atomic E-state index is 0.00457. The number of carbonyl (C=O) groups is 4. The maximum absolute atomic E-state index is 12.9. The molecular weight excluding hydrogens is 380 g/mol. The topological polar surface area (TPSA) is 126 Å². The number of benzene rings is 1. The second-order valence-electron chi connectivity index (χ2n) is 7.51. The van der Waals surface area contributed by atoms with Crippen molar-refractivity contribution in [1.82, 2.24) is 15.5 Å². The van der Waals surface area contributed by atoms with E-state index in [1.807, 2.05) is 6.92 Å². The summed E-state index contributed by atoms with van der Waals surface area (Å²) in [6, 6.07) is 3.43. The number of carbonyl (C=O) groups excluding carboxylic acids is 4. The highest BCUT2D eigenvalue weighted by atomic mass is 16.7. The molecule has 0 bridgehead atoms. The zero-order valence-electron chi connectivity index (χ0n) is 15.9. The largest absolute Gasteiger partial charge is 0.454 e. The third-order valence-electron chi connectivity index (χ3n) is 5.69. The first kappa shape index (κ1) is 19.0. The number of nitrogens with zero attached hydrogens (tertiary/aromatic N) is 1. The number of nitrogens with one attached hydrogen (secondary N) is 3. The van der Waals surface area contributed by atoms with Crippen LogP contribution in [-0.4, -0.2) is 47.7 Å². The summed E-state index contributed by atoms with van der Waals surface area (Å²) in [6.07, 6.45) is 3.24. The van der Waals surface area contributed by atoms with E-state index in [9.17, 15) is 19.2 Å². The van der Waals surface area contributed by atoms with Crippen LogP contribution >= 0.6 is 0 Å². The van der Waals surface area contributed by atoms with Gasteiger partial charge in [0.15, 0.2) is 11.5 Å². The Labute approximate surface area is 166 Å². The molecule has 2 heterocycles. The van der Waals surface area contributed by atoms with Crippen molar-refractivity contribution in [2.45, 2.75) is 38.1 Å². The van der Waals surface area contributed by atoms with Crippen LogP contribution in [0.1, 0.15) is 32.6 Å². The first-order valence-electron chi connectivity index (χ1n) is 9.53. The molecule has 1 saturated carbocycles. The monoisotopic (exact) mass is 402 g/mol. The van der Waals surface area contributed by atoms with E-state index in [1.165, 1.54) is 0 Å². The van der Waals surface area contributed by atoms with E-state index in [1.54, 1.807) is 18.2 Å². The van der Waals surface area contributed by atoms with E-state index in [2.05, 4.69) is 16.0 Å². The Bertz CT molecular complexity index is 887. The summed E-state index contributed by atoms with van der Waals surface area (Å²) in [5.41, 5.74) is -0.533. The second kappa shape index (κ2) is 7.26. The summed E-state index contributed by atoms with van der Waals surface area (Å²) >= 11 is 0. The summed E-state index contributed by atoms with van der Waals surface area (Å²) in [7, 11) is 0. The molecule has 29 heavy (non-hydrogen) atoms. The van der Waals surface area contributed by atoms with Gasteiger partial charge in [0.25, 0.3) is 5.91 Å². The SMILES string of the molecule is C[C@@H]1CCCC[C@]12NC(=O)N(CC(=O)NC(=O)Nc1ccc3c(c1)OCO3)C2=O. The Morgan fingerprint density at radius 2 is 2.03 bits per heavy atom. The number of fused-ring (bicyclic) bond motifs is 1. The van der Waals surface area contributed by atoms with E-state index in [4.69, 9.17) is 9.47 Å². The molecule has 0 unspecified atom stereocenters. The highest BCUT2D eigenvalue weighted by Gasteiger charge is 2.55. The average molecular weight is 402 g/mol. The Hall–Kier alpha value is -3.30. The standard InChI is InChI=1S/C19H22N4O6/c1-11-4-2-3-7-19(11)16(25)23(18(27)22-19)9-15(24)21-17(26)20-12-5-6-13-14(8-12)29-10-28-13/h5-6,8,11H,2-4,7,9-10H2,1H3,(H,22,27)(H2,20,21,24,26)/t11-,19+/m1/s1. The fourth-order valence-electron chi connectivity index (χ4n) is 4.09. The molecule has 0 radical (unpaired) electrons. The molecular formula is C19H22N4O6. The van der Waals surface area contributed by atoms with E-state index in [0.717, 1.165) is 24.2 Å². The Morgan fingerprint density at radius 1 is 1.24 bits per heavy atom. The first-order chi connectivity index (χ1) is 13.9. The predicted molar refractivity (Wildman–Crippen MR) is 100 cm³/mol. The minimum atomic E-state index is -0.940. The normalized spacial score (nSPS) is 25.1. The van der Waals surface area contributed by atoms with Crippen molar-refractivity contribution in [3.8, 4) is 11.5 Å². The zero-order valence-corrected chi connectivity index (χ0v) is 15.9. The smallest absolute Gasteiger partial charge is 0.325 e. The molecule has 4 rings (SSSR count). The lowest BCUT2D eigenvalue weighted by atomic mass is 9.73. The quantitative estimate of drug-likeness (QED) is 0.659. The van der Waals surface area contributed by atoms with Crippen LogP contribution < -0.4 is 25.4 Å². The van der Waals surface area contributed by atoms with Crippen LogP contribution in [0, 0.1) is 5.92 Å². The first-order valence-corrected chi connectivity index (χ1v) is 9.53. The van der Waals surface area contributed by atoms with E-state index >= 15 is 0 Å². The van der Waals surface area contributed by atoms with Crippen molar-refractivity contribution in [3.63, 3.8) is 0 Å². The van der Waals surface area contributed by atoms with Crippen molar-refractivity contribution < 1.29 is 28.7 Å². The van der Waals surface area contributed by atoms with Gasteiger partial charge >= 0.3 is 12.1 Å². The molecule has 2 atom stereocenters. The lowest BCUT2D eigenvalue weighted by Gasteiger charge is -2.36. The van der Waals surface area contributed by atoms with Gasteiger partial charge in [0, 0.05) is 11.8 Å². The second-order valence-corrected chi connectivity index (χ2v) is 7.51. The summed E-state index contributed by atoms with van der Waals surface area (Å²) in [5, 5.41) is 7.41. The van der Waals surface area contributed by atoms with E-state index in [0.29, 0.717) is 23.6 Å². The molecule has 6 amide bonds. The lowest BCUT2D eigenvalue weighted by Crippen LogP contribution is -2.54. The zero-order chi connectivity index (χ0) is 20.6. The Balaban J connectivity index is 1.35. The number of anilines is 1. The van der Waals surface area contributed by atoms with E-state index < -0.39 is 36.0 Å². The van der Waals surface area contributed by atoms with E-state index in [-0.39, 0.29) is 12.7 Å². The molecule has 3 N–H and O–H groups in total. The number of imide groups is 2. The number of rotatable bonds is 3. The molecule has 1 spiro atoms. The fraction of sp³-hybridized carbons (Fsp3) is 0.474. The van der Waals surface area contributed by atoms with Gasteiger partial charge < -0.3 is 20.1 Å². The van der Waals surface area contributed by atoms with Crippen LogP contribution in [0.2, 0.25) is 0 Å². The molecule has 2 fully saturated rings. The van der Waals surface area contributed by atoms with Crippen molar-refractivity contribution in [1.29, 1.82) is 0 Å². The number of hydrogen-bond acceptors (Lipinski definition) is 6. The van der Waals surface area contributed by atoms with Crippen LogP contribution in [0.4, 0.5) is 15.3 Å². The maximum Gasteiger partial charge on any atom is 0.325 e. The van der Waals surface area contributed by atoms with Crippen LogP contribution in [0.25, 0.3) is 0 Å². The van der Waals surface area contributed by atoms with Gasteiger partial charge in [-0.1, -0.05) is 19.8 Å². The van der Waals surface area contributed by atoms with Crippen LogP contribution in [-0.2, 0) is 9.59 Å². The Morgan fingerprint density at radius 3 is 2.83 bits per heavy atom.